The first-order valence-electron chi connectivity index (χ1n) is 7.43. The Kier molecular flexibility index (Phi) is 4.68. The van der Waals surface area contributed by atoms with E-state index in [2.05, 4.69) is 20.2 Å². The summed E-state index contributed by atoms with van der Waals surface area (Å²) in [5.74, 6) is 0.700. The number of carbonyl (C=O) groups is 1. The van der Waals surface area contributed by atoms with E-state index in [0.29, 0.717) is 19.8 Å². The Morgan fingerprint density at radius 2 is 1.96 bits per heavy atom. The summed E-state index contributed by atoms with van der Waals surface area (Å²) in [6, 6.07) is 8.69. The third-order valence-corrected chi connectivity index (χ3v) is 3.66. The Balaban J connectivity index is 1.62. The molecule has 0 radical (unpaired) electrons. The quantitative estimate of drug-likeness (QED) is 0.867. The lowest BCUT2D eigenvalue weighted by atomic mass is 10.1. The summed E-state index contributed by atoms with van der Waals surface area (Å²) in [5, 5.41) is 12.1. The molecular formula is C16H18N4O3. The molecule has 0 spiro atoms. The molecule has 0 bridgehead atoms. The largest absolute Gasteiger partial charge is 0.478 e. The summed E-state index contributed by atoms with van der Waals surface area (Å²) in [5.41, 5.74) is 1.27. The number of rotatable bonds is 5. The van der Waals surface area contributed by atoms with Crippen molar-refractivity contribution >= 4 is 17.6 Å². The smallest absolute Gasteiger partial charge is 0.335 e. The molecule has 0 saturated carbocycles. The average Bonchev–Trinajstić information content (AvgIpc) is 2.61. The molecule has 7 heteroatoms. The molecule has 0 atom stereocenters. The van der Waals surface area contributed by atoms with Gasteiger partial charge in [-0.2, -0.15) is 0 Å². The summed E-state index contributed by atoms with van der Waals surface area (Å²) < 4.78 is 5.34. The Hall–Kier alpha value is -2.67. The lowest BCUT2D eigenvalue weighted by molar-refractivity contribution is 0.0697. The van der Waals surface area contributed by atoms with Crippen molar-refractivity contribution in [1.29, 1.82) is 0 Å². The Labute approximate surface area is 133 Å². The van der Waals surface area contributed by atoms with Crippen molar-refractivity contribution in [3.63, 3.8) is 0 Å². The molecule has 2 N–H and O–H groups in total. The highest BCUT2D eigenvalue weighted by Gasteiger charge is 2.12. The zero-order valence-corrected chi connectivity index (χ0v) is 12.6. The molecule has 1 aliphatic heterocycles. The molecule has 1 aliphatic rings. The summed E-state index contributed by atoms with van der Waals surface area (Å²) >= 11 is 0. The van der Waals surface area contributed by atoms with E-state index in [1.807, 2.05) is 6.07 Å². The van der Waals surface area contributed by atoms with Gasteiger partial charge in [0.1, 0.15) is 18.0 Å². The first-order valence-corrected chi connectivity index (χ1v) is 7.43. The third-order valence-electron chi connectivity index (χ3n) is 3.66. The maximum absolute atomic E-state index is 10.8. The van der Waals surface area contributed by atoms with Crippen LogP contribution in [0.1, 0.15) is 15.9 Å². The van der Waals surface area contributed by atoms with Crippen LogP contribution in [0.4, 0.5) is 11.6 Å². The van der Waals surface area contributed by atoms with Crippen molar-refractivity contribution in [3.05, 3.63) is 47.8 Å². The number of nitrogens with zero attached hydrogens (tertiary/aromatic N) is 3. The van der Waals surface area contributed by atoms with E-state index in [9.17, 15) is 4.79 Å². The summed E-state index contributed by atoms with van der Waals surface area (Å²) in [4.78, 5) is 21.5. The number of carboxylic acid groups (broad SMARTS) is 1. The number of hydrogen-bond acceptors (Lipinski definition) is 6. The second-order valence-corrected chi connectivity index (χ2v) is 5.22. The Bertz CT molecular complexity index is 669. The minimum absolute atomic E-state index is 0.283. The molecule has 3 rings (SSSR count). The van der Waals surface area contributed by atoms with Gasteiger partial charge >= 0.3 is 5.97 Å². The second kappa shape index (κ2) is 7.06. The summed E-state index contributed by atoms with van der Waals surface area (Å²) in [6.07, 6.45) is 1.54. The number of aromatic nitrogens is 2. The number of carboxylic acids is 1. The average molecular weight is 314 g/mol. The molecular weight excluding hydrogens is 296 g/mol. The van der Waals surface area contributed by atoms with Crippen LogP contribution < -0.4 is 10.2 Å². The van der Waals surface area contributed by atoms with Gasteiger partial charge in [-0.3, -0.25) is 0 Å². The van der Waals surface area contributed by atoms with Crippen LogP contribution in [0.2, 0.25) is 0 Å². The van der Waals surface area contributed by atoms with Crippen LogP contribution in [-0.2, 0) is 11.3 Å². The van der Waals surface area contributed by atoms with E-state index in [-0.39, 0.29) is 5.56 Å². The second-order valence-electron chi connectivity index (χ2n) is 5.22. The van der Waals surface area contributed by atoms with Crippen molar-refractivity contribution in [3.8, 4) is 0 Å². The van der Waals surface area contributed by atoms with Crippen molar-refractivity contribution < 1.29 is 14.6 Å². The monoisotopic (exact) mass is 314 g/mol. The highest BCUT2D eigenvalue weighted by atomic mass is 16.5. The number of morpholine rings is 1. The zero-order valence-electron chi connectivity index (χ0n) is 12.6. The topological polar surface area (TPSA) is 87.6 Å². The molecule has 0 aliphatic carbocycles. The first-order chi connectivity index (χ1) is 11.2. The molecule has 1 aromatic heterocycles. The molecule has 0 unspecified atom stereocenters. The van der Waals surface area contributed by atoms with E-state index < -0.39 is 5.97 Å². The number of nitrogens with one attached hydrogen (secondary N) is 1. The number of aromatic carboxylic acids is 1. The van der Waals surface area contributed by atoms with Gasteiger partial charge in [-0.15, -0.1) is 0 Å². The van der Waals surface area contributed by atoms with Gasteiger partial charge in [0.15, 0.2) is 0 Å². The van der Waals surface area contributed by atoms with Gasteiger partial charge < -0.3 is 20.1 Å². The minimum Gasteiger partial charge on any atom is -0.478 e. The molecule has 7 nitrogen and oxygen atoms in total. The summed E-state index contributed by atoms with van der Waals surface area (Å²) in [6.45, 7) is 3.64. The zero-order chi connectivity index (χ0) is 16.1. The number of anilines is 2. The predicted molar refractivity (Wildman–Crippen MR) is 85.8 cm³/mol. The first kappa shape index (κ1) is 15.2. The van der Waals surface area contributed by atoms with Crippen molar-refractivity contribution in [2.24, 2.45) is 0 Å². The summed E-state index contributed by atoms with van der Waals surface area (Å²) in [7, 11) is 0. The van der Waals surface area contributed by atoms with Gasteiger partial charge in [-0.05, 0) is 17.7 Å². The van der Waals surface area contributed by atoms with Crippen molar-refractivity contribution in [1.82, 2.24) is 9.97 Å². The molecule has 2 aromatic rings. The SMILES string of the molecule is O=C(O)c1ccc(CNc2cc(N3CCOCC3)ncn2)cc1. The fraction of sp³-hybridized carbons (Fsp3) is 0.312. The maximum atomic E-state index is 10.8. The fourth-order valence-corrected chi connectivity index (χ4v) is 2.37. The number of hydrogen-bond donors (Lipinski definition) is 2. The van der Waals surface area contributed by atoms with E-state index >= 15 is 0 Å². The van der Waals surface area contributed by atoms with E-state index in [1.165, 1.54) is 0 Å². The third kappa shape index (κ3) is 3.95. The fourth-order valence-electron chi connectivity index (χ4n) is 2.37. The standard InChI is InChI=1S/C16H18N4O3/c21-16(22)13-3-1-12(2-4-13)10-17-14-9-15(19-11-18-14)20-5-7-23-8-6-20/h1-4,9,11H,5-8,10H2,(H,21,22)(H,17,18,19). The molecule has 1 fully saturated rings. The molecule has 2 heterocycles. The minimum atomic E-state index is -0.921. The maximum Gasteiger partial charge on any atom is 0.335 e. The van der Waals surface area contributed by atoms with E-state index in [0.717, 1.165) is 30.3 Å². The Morgan fingerprint density at radius 3 is 2.65 bits per heavy atom. The molecule has 1 aromatic carbocycles. The molecule has 1 saturated heterocycles. The van der Waals surface area contributed by atoms with Crippen LogP contribution in [0, 0.1) is 0 Å². The van der Waals surface area contributed by atoms with Gasteiger partial charge in [0.25, 0.3) is 0 Å². The van der Waals surface area contributed by atoms with Crippen LogP contribution in [0.3, 0.4) is 0 Å². The lowest BCUT2D eigenvalue weighted by Gasteiger charge is -2.27. The number of ether oxygens (including phenoxy) is 1. The Morgan fingerprint density at radius 1 is 1.22 bits per heavy atom. The van der Waals surface area contributed by atoms with E-state index in [1.54, 1.807) is 30.6 Å². The van der Waals surface area contributed by atoms with Crippen LogP contribution in [0.15, 0.2) is 36.7 Å². The van der Waals surface area contributed by atoms with Gasteiger partial charge in [0, 0.05) is 25.7 Å². The van der Waals surface area contributed by atoms with E-state index in [4.69, 9.17) is 9.84 Å². The highest BCUT2D eigenvalue weighted by Crippen LogP contribution is 2.16. The van der Waals surface area contributed by atoms with Gasteiger partial charge in [0.2, 0.25) is 0 Å². The van der Waals surface area contributed by atoms with Crippen molar-refractivity contribution in [2.45, 2.75) is 6.54 Å². The molecule has 0 amide bonds. The van der Waals surface area contributed by atoms with Crippen LogP contribution in [0.5, 0.6) is 0 Å². The van der Waals surface area contributed by atoms with Gasteiger partial charge in [-0.25, -0.2) is 14.8 Å². The van der Waals surface area contributed by atoms with Crippen molar-refractivity contribution in [2.75, 3.05) is 36.5 Å². The lowest BCUT2D eigenvalue weighted by Crippen LogP contribution is -2.36. The molecule has 120 valence electrons. The van der Waals surface area contributed by atoms with Crippen LogP contribution in [0.25, 0.3) is 0 Å². The highest BCUT2D eigenvalue weighted by molar-refractivity contribution is 5.87. The van der Waals surface area contributed by atoms with Crippen LogP contribution in [-0.4, -0.2) is 47.3 Å². The van der Waals surface area contributed by atoms with Gasteiger partial charge in [0.05, 0.1) is 18.8 Å². The normalized spacial score (nSPS) is 14.5. The molecule has 23 heavy (non-hydrogen) atoms. The van der Waals surface area contributed by atoms with Gasteiger partial charge in [-0.1, -0.05) is 12.1 Å². The predicted octanol–water partition coefficient (Wildman–Crippen LogP) is 1.62. The van der Waals surface area contributed by atoms with Crippen LogP contribution >= 0.6 is 0 Å². The number of benzene rings is 1.